The summed E-state index contributed by atoms with van der Waals surface area (Å²) in [7, 11) is 0. The average molecular weight is 465 g/mol. The highest BCUT2D eigenvalue weighted by atomic mass is 35.5. The summed E-state index contributed by atoms with van der Waals surface area (Å²) in [6.45, 7) is 2.07. The molecule has 0 bridgehead atoms. The van der Waals surface area contributed by atoms with Gasteiger partial charge in [0.15, 0.2) is 0 Å². The second-order valence-corrected chi connectivity index (χ2v) is 8.75. The molecule has 1 N–H and O–H groups in total. The molecule has 0 radical (unpaired) electrons. The maximum absolute atomic E-state index is 13.4. The first-order chi connectivity index (χ1) is 14.9. The molecule has 1 atom stereocenters. The predicted octanol–water partition coefficient (Wildman–Crippen LogP) is 5.54. The number of carbonyl (C=O) groups excluding carboxylic acids is 2. The lowest BCUT2D eigenvalue weighted by molar-refractivity contribution is -0.141. The predicted molar refractivity (Wildman–Crippen MR) is 122 cm³/mol. The number of nitrogens with one attached hydrogen (secondary N) is 1. The number of amides is 2. The van der Waals surface area contributed by atoms with Gasteiger partial charge in [-0.05, 0) is 54.7 Å². The van der Waals surface area contributed by atoms with Crippen LogP contribution in [0.2, 0.25) is 10.0 Å². The van der Waals surface area contributed by atoms with E-state index in [1.165, 1.54) is 12.1 Å². The molecule has 0 spiro atoms. The van der Waals surface area contributed by atoms with Crippen molar-refractivity contribution in [2.24, 2.45) is 0 Å². The summed E-state index contributed by atoms with van der Waals surface area (Å²) >= 11 is 12.5. The molecule has 2 aromatic carbocycles. The van der Waals surface area contributed by atoms with E-state index in [0.717, 1.165) is 31.2 Å². The van der Waals surface area contributed by atoms with E-state index in [2.05, 4.69) is 5.32 Å². The first-order valence-corrected chi connectivity index (χ1v) is 11.4. The number of hydrogen-bond donors (Lipinski definition) is 1. The summed E-state index contributed by atoms with van der Waals surface area (Å²) in [5, 5.41) is 3.92. The molecule has 1 fully saturated rings. The molecule has 166 valence electrons. The third-order valence-corrected chi connectivity index (χ3v) is 6.45. The average Bonchev–Trinajstić information content (AvgIpc) is 3.25. The van der Waals surface area contributed by atoms with Gasteiger partial charge in [-0.2, -0.15) is 0 Å². The zero-order valence-electron chi connectivity index (χ0n) is 17.5. The molecule has 1 aliphatic rings. The van der Waals surface area contributed by atoms with Gasteiger partial charge in [0.2, 0.25) is 11.8 Å². The topological polar surface area (TPSA) is 49.4 Å². The van der Waals surface area contributed by atoms with Crippen LogP contribution < -0.4 is 5.32 Å². The van der Waals surface area contributed by atoms with Crippen molar-refractivity contribution >= 4 is 35.0 Å². The Hall–Kier alpha value is -2.11. The Kier molecular flexibility index (Phi) is 8.33. The molecule has 1 aliphatic carbocycles. The zero-order chi connectivity index (χ0) is 22.4. The number of benzene rings is 2. The highest BCUT2D eigenvalue weighted by molar-refractivity contribution is 6.36. The van der Waals surface area contributed by atoms with Crippen LogP contribution in [0, 0.1) is 5.82 Å². The van der Waals surface area contributed by atoms with Crippen molar-refractivity contribution in [3.63, 3.8) is 0 Å². The fraction of sp³-hybridized carbons (Fsp3) is 0.417. The van der Waals surface area contributed by atoms with E-state index in [4.69, 9.17) is 23.2 Å². The van der Waals surface area contributed by atoms with Crippen LogP contribution in [-0.4, -0.2) is 28.8 Å². The molecular formula is C24H27Cl2FN2O2. The van der Waals surface area contributed by atoms with Gasteiger partial charge >= 0.3 is 0 Å². The Morgan fingerprint density at radius 2 is 1.71 bits per heavy atom. The van der Waals surface area contributed by atoms with Gasteiger partial charge in [0.1, 0.15) is 11.9 Å². The van der Waals surface area contributed by atoms with Crippen molar-refractivity contribution < 1.29 is 14.0 Å². The maximum atomic E-state index is 13.4. The zero-order valence-corrected chi connectivity index (χ0v) is 19.1. The minimum atomic E-state index is -0.639. The van der Waals surface area contributed by atoms with E-state index in [9.17, 15) is 14.0 Å². The lowest BCUT2D eigenvalue weighted by Crippen LogP contribution is -2.51. The molecule has 2 aromatic rings. The summed E-state index contributed by atoms with van der Waals surface area (Å²) in [6.07, 6.45) is 4.57. The highest BCUT2D eigenvalue weighted by Gasteiger charge is 2.31. The van der Waals surface area contributed by atoms with E-state index in [-0.39, 0.29) is 36.6 Å². The number of carbonyl (C=O) groups is 2. The number of hydrogen-bond acceptors (Lipinski definition) is 2. The van der Waals surface area contributed by atoms with E-state index >= 15 is 0 Å². The Balaban J connectivity index is 1.85. The highest BCUT2D eigenvalue weighted by Crippen LogP contribution is 2.26. The van der Waals surface area contributed by atoms with Gasteiger partial charge in [-0.15, -0.1) is 0 Å². The van der Waals surface area contributed by atoms with Crippen LogP contribution in [0.5, 0.6) is 0 Å². The molecule has 31 heavy (non-hydrogen) atoms. The second kappa shape index (κ2) is 11.0. The summed E-state index contributed by atoms with van der Waals surface area (Å²) < 4.78 is 13.4. The van der Waals surface area contributed by atoms with Crippen molar-refractivity contribution in [2.45, 2.75) is 64.1 Å². The normalized spacial score (nSPS) is 15.0. The van der Waals surface area contributed by atoms with Crippen LogP contribution in [0.15, 0.2) is 42.5 Å². The van der Waals surface area contributed by atoms with Crippen molar-refractivity contribution in [1.29, 1.82) is 0 Å². The summed E-state index contributed by atoms with van der Waals surface area (Å²) in [4.78, 5) is 28.0. The fourth-order valence-corrected chi connectivity index (χ4v) is 4.56. The number of halogens is 3. The molecule has 0 aromatic heterocycles. The molecule has 7 heteroatoms. The van der Waals surface area contributed by atoms with Crippen molar-refractivity contribution in [3.05, 3.63) is 69.5 Å². The van der Waals surface area contributed by atoms with Gasteiger partial charge < -0.3 is 10.2 Å². The third kappa shape index (κ3) is 6.20. The van der Waals surface area contributed by atoms with Crippen LogP contribution in [0.25, 0.3) is 0 Å². The van der Waals surface area contributed by atoms with Gasteiger partial charge in [-0.1, -0.05) is 61.2 Å². The van der Waals surface area contributed by atoms with E-state index in [1.54, 1.807) is 35.2 Å². The minimum Gasteiger partial charge on any atom is -0.352 e. The van der Waals surface area contributed by atoms with Gasteiger partial charge in [0, 0.05) is 22.6 Å². The van der Waals surface area contributed by atoms with Gasteiger partial charge in [-0.25, -0.2) is 4.39 Å². The molecule has 0 unspecified atom stereocenters. The van der Waals surface area contributed by atoms with Crippen molar-refractivity contribution in [1.82, 2.24) is 10.2 Å². The summed E-state index contributed by atoms with van der Waals surface area (Å²) in [5.41, 5.74) is 1.28. The van der Waals surface area contributed by atoms with E-state index in [0.29, 0.717) is 22.0 Å². The molecule has 1 saturated carbocycles. The molecule has 0 saturated heterocycles. The molecule has 0 aliphatic heterocycles. The number of nitrogens with zero attached hydrogens (tertiary/aromatic N) is 1. The van der Waals surface area contributed by atoms with Gasteiger partial charge in [-0.3, -0.25) is 9.59 Å². The maximum Gasteiger partial charge on any atom is 0.243 e. The standard InChI is InChI=1S/C24H27Cl2FN2O2/c1-2-22(24(31)28-18-6-3-4-7-18)29(15-16-10-12-17(27)13-11-16)23(30)14-19-20(25)8-5-9-21(19)26/h5,8-13,18,22H,2-4,6-7,14-15H2,1H3,(H,28,31)/t22-/m0/s1. The molecule has 4 nitrogen and oxygen atoms in total. The van der Waals surface area contributed by atoms with Crippen LogP contribution in [0.4, 0.5) is 4.39 Å². The smallest absolute Gasteiger partial charge is 0.243 e. The quantitative estimate of drug-likeness (QED) is 0.557. The summed E-state index contributed by atoms with van der Waals surface area (Å²) in [6, 6.07) is 10.6. The lowest BCUT2D eigenvalue weighted by Gasteiger charge is -2.32. The van der Waals surface area contributed by atoms with Crippen LogP contribution in [0.3, 0.4) is 0 Å². The minimum absolute atomic E-state index is 0.0209. The van der Waals surface area contributed by atoms with E-state index < -0.39 is 6.04 Å². The van der Waals surface area contributed by atoms with Crippen LogP contribution in [-0.2, 0) is 22.6 Å². The third-order valence-electron chi connectivity index (χ3n) is 5.74. The summed E-state index contributed by atoms with van der Waals surface area (Å²) in [5.74, 6) is -0.765. The second-order valence-electron chi connectivity index (χ2n) is 7.94. The van der Waals surface area contributed by atoms with E-state index in [1.807, 2.05) is 6.92 Å². The Morgan fingerprint density at radius 1 is 1.10 bits per heavy atom. The Morgan fingerprint density at radius 3 is 2.29 bits per heavy atom. The molecular weight excluding hydrogens is 438 g/mol. The van der Waals surface area contributed by atoms with Crippen LogP contribution >= 0.6 is 23.2 Å². The fourth-order valence-electron chi connectivity index (χ4n) is 4.03. The first-order valence-electron chi connectivity index (χ1n) is 10.7. The number of rotatable bonds is 8. The van der Waals surface area contributed by atoms with Crippen molar-refractivity contribution in [2.75, 3.05) is 0 Å². The Labute approximate surface area is 192 Å². The SMILES string of the molecule is CC[C@@H](C(=O)NC1CCCC1)N(Cc1ccc(F)cc1)C(=O)Cc1c(Cl)cccc1Cl. The lowest BCUT2D eigenvalue weighted by atomic mass is 10.1. The van der Waals surface area contributed by atoms with Crippen molar-refractivity contribution in [3.8, 4) is 0 Å². The Bertz CT molecular complexity index is 894. The largest absolute Gasteiger partial charge is 0.352 e. The molecule has 3 rings (SSSR count). The first kappa shape index (κ1) is 23.6. The molecule has 2 amide bonds. The van der Waals surface area contributed by atoms with Crippen LogP contribution in [0.1, 0.15) is 50.2 Å². The monoisotopic (exact) mass is 464 g/mol. The molecule has 0 heterocycles. The van der Waals surface area contributed by atoms with Gasteiger partial charge in [0.05, 0.1) is 6.42 Å². The van der Waals surface area contributed by atoms with Gasteiger partial charge in [0.25, 0.3) is 0 Å².